The van der Waals surface area contributed by atoms with E-state index in [4.69, 9.17) is 9.47 Å². The lowest BCUT2D eigenvalue weighted by Gasteiger charge is -2.24. The van der Waals surface area contributed by atoms with Crippen LogP contribution in [0.15, 0.2) is 44.8 Å². The molecule has 1 aromatic carbocycles. The van der Waals surface area contributed by atoms with Crippen molar-refractivity contribution in [3.63, 3.8) is 0 Å². The molecule has 0 unspecified atom stereocenters. The summed E-state index contributed by atoms with van der Waals surface area (Å²) in [7, 11) is 1.63. The third kappa shape index (κ3) is 6.02. The summed E-state index contributed by atoms with van der Waals surface area (Å²) in [5.74, 6) is 0.552. The normalized spacial score (nSPS) is 15.7. The van der Waals surface area contributed by atoms with Crippen molar-refractivity contribution in [1.29, 1.82) is 0 Å². The first-order chi connectivity index (χ1) is 14.6. The average molecular weight is 450 g/mol. The molecule has 0 aliphatic carbocycles. The van der Waals surface area contributed by atoms with Crippen LogP contribution < -0.4 is 5.32 Å². The Labute approximate surface area is 185 Å². The molecule has 0 radical (unpaired) electrons. The van der Waals surface area contributed by atoms with Gasteiger partial charge in [-0.15, -0.1) is 11.8 Å². The molecule has 7 nitrogen and oxygen atoms in total. The fourth-order valence-corrected chi connectivity index (χ4v) is 5.05. The molecule has 1 amide bonds. The number of hydrogen-bond donors (Lipinski definition) is 1. The molecule has 1 N–H and O–H groups in total. The molecule has 0 saturated heterocycles. The number of carbonyl (C=O) groups is 2. The molecular weight excluding hydrogens is 422 g/mol. The smallest absolute Gasteiger partial charge is 0.305 e. The highest BCUT2D eigenvalue weighted by Crippen LogP contribution is 2.37. The molecule has 0 fully saturated rings. The van der Waals surface area contributed by atoms with Crippen LogP contribution in [0.3, 0.4) is 0 Å². The fourth-order valence-electron chi connectivity index (χ4n) is 3.11. The summed E-state index contributed by atoms with van der Waals surface area (Å²) in [4.78, 5) is 32.6. The third-order valence-corrected chi connectivity index (χ3v) is 6.75. The van der Waals surface area contributed by atoms with Crippen LogP contribution in [0.1, 0.15) is 26.2 Å². The first-order valence-electron chi connectivity index (χ1n) is 10.0. The minimum absolute atomic E-state index is 0.140. The lowest BCUT2D eigenvalue weighted by Crippen LogP contribution is -2.31. The van der Waals surface area contributed by atoms with E-state index in [0.717, 1.165) is 53.1 Å². The average Bonchev–Trinajstić information content (AvgIpc) is 3.12. The van der Waals surface area contributed by atoms with Gasteiger partial charge in [0.1, 0.15) is 4.91 Å². The predicted molar refractivity (Wildman–Crippen MR) is 122 cm³/mol. The van der Waals surface area contributed by atoms with Crippen LogP contribution in [0.25, 0.3) is 0 Å². The fraction of sp³-hybridized carbons (Fsp3) is 0.476. The van der Waals surface area contributed by atoms with E-state index in [-0.39, 0.29) is 11.9 Å². The van der Waals surface area contributed by atoms with Gasteiger partial charge in [-0.1, -0.05) is 0 Å². The second kappa shape index (κ2) is 11.4. The number of thioether (sulfide) groups is 2. The molecule has 0 bridgehead atoms. The van der Waals surface area contributed by atoms with Crippen LogP contribution in [0.4, 0.5) is 5.69 Å². The molecule has 2 aliphatic heterocycles. The second-order valence-electron chi connectivity index (χ2n) is 6.72. The highest BCUT2D eigenvalue weighted by atomic mass is 32.2. The zero-order valence-corrected chi connectivity index (χ0v) is 18.9. The van der Waals surface area contributed by atoms with Crippen LogP contribution in [0.2, 0.25) is 0 Å². The van der Waals surface area contributed by atoms with Crippen LogP contribution >= 0.6 is 23.5 Å². The van der Waals surface area contributed by atoms with E-state index in [1.807, 2.05) is 31.2 Å². The first kappa shape index (κ1) is 22.7. The molecule has 0 aromatic heterocycles. The number of nitrogens with one attached hydrogen (secondary N) is 1. The Morgan fingerprint density at radius 3 is 2.83 bits per heavy atom. The summed E-state index contributed by atoms with van der Waals surface area (Å²) in [6.07, 6.45) is 2.19. The third-order valence-electron chi connectivity index (χ3n) is 4.50. The van der Waals surface area contributed by atoms with E-state index in [0.29, 0.717) is 24.5 Å². The molecule has 0 saturated carbocycles. The van der Waals surface area contributed by atoms with Crippen molar-refractivity contribution >= 4 is 46.3 Å². The summed E-state index contributed by atoms with van der Waals surface area (Å²) < 4.78 is 10.2. The van der Waals surface area contributed by atoms with E-state index in [2.05, 4.69) is 15.2 Å². The number of methoxy groups -OCH3 is 1. The van der Waals surface area contributed by atoms with Gasteiger partial charge in [0.25, 0.3) is 5.91 Å². The molecule has 1 aromatic rings. The molecule has 0 spiro atoms. The molecule has 162 valence electrons. The van der Waals surface area contributed by atoms with Gasteiger partial charge in [-0.2, -0.15) is 0 Å². The summed E-state index contributed by atoms with van der Waals surface area (Å²) in [5.41, 5.74) is 1.62. The highest BCUT2D eigenvalue weighted by Gasteiger charge is 2.34. The van der Waals surface area contributed by atoms with Crippen LogP contribution in [0.5, 0.6) is 0 Å². The number of carbonyl (C=O) groups excluding carboxylic acids is 2. The maximum absolute atomic E-state index is 12.9. The number of hydrogen-bond acceptors (Lipinski definition) is 8. The number of nitrogens with zero attached hydrogens (tertiary/aromatic N) is 2. The largest absolute Gasteiger partial charge is 0.466 e. The van der Waals surface area contributed by atoms with Gasteiger partial charge >= 0.3 is 5.97 Å². The van der Waals surface area contributed by atoms with Crippen molar-refractivity contribution in [3.8, 4) is 0 Å². The number of anilines is 1. The first-order valence-corrected chi connectivity index (χ1v) is 11.8. The Bertz CT molecular complexity index is 824. The molecule has 3 rings (SSSR count). The van der Waals surface area contributed by atoms with Gasteiger partial charge in [0.05, 0.1) is 18.9 Å². The van der Waals surface area contributed by atoms with Crippen molar-refractivity contribution in [2.24, 2.45) is 4.99 Å². The van der Waals surface area contributed by atoms with Crippen LogP contribution in [-0.4, -0.2) is 61.1 Å². The number of amides is 1. The minimum atomic E-state index is -0.148. The van der Waals surface area contributed by atoms with Gasteiger partial charge in [-0.3, -0.25) is 14.6 Å². The van der Waals surface area contributed by atoms with E-state index < -0.39 is 0 Å². The molecule has 2 aliphatic rings. The Hall–Kier alpha value is -1.97. The van der Waals surface area contributed by atoms with Crippen molar-refractivity contribution in [1.82, 2.24) is 4.90 Å². The van der Waals surface area contributed by atoms with E-state index >= 15 is 0 Å². The summed E-state index contributed by atoms with van der Waals surface area (Å²) >= 11 is 3.10. The van der Waals surface area contributed by atoms with Gasteiger partial charge in [0, 0.05) is 37.2 Å². The quantitative estimate of drug-likeness (QED) is 0.331. The van der Waals surface area contributed by atoms with Crippen molar-refractivity contribution in [3.05, 3.63) is 34.9 Å². The Morgan fingerprint density at radius 2 is 2.10 bits per heavy atom. The van der Waals surface area contributed by atoms with Crippen molar-refractivity contribution < 1.29 is 19.1 Å². The summed E-state index contributed by atoms with van der Waals surface area (Å²) in [5, 5.41) is 3.86. The highest BCUT2D eigenvalue weighted by molar-refractivity contribution is 8.18. The number of fused-ring (bicyclic) bond motifs is 1. The number of amidine groups is 1. The summed E-state index contributed by atoms with van der Waals surface area (Å²) in [6.45, 7) is 4.28. The van der Waals surface area contributed by atoms with Gasteiger partial charge in [-0.25, -0.2) is 0 Å². The lowest BCUT2D eigenvalue weighted by atomic mass is 10.2. The van der Waals surface area contributed by atoms with Gasteiger partial charge in [-0.05, 0) is 61.5 Å². The van der Waals surface area contributed by atoms with E-state index in [1.54, 1.807) is 18.9 Å². The molecular formula is C21H27N3O4S2. The lowest BCUT2D eigenvalue weighted by molar-refractivity contribution is -0.143. The van der Waals surface area contributed by atoms with Crippen LogP contribution in [-0.2, 0) is 19.1 Å². The monoisotopic (exact) mass is 449 g/mol. The number of aliphatic imine (C=N–C) groups is 1. The molecule has 30 heavy (non-hydrogen) atoms. The van der Waals surface area contributed by atoms with E-state index in [1.165, 1.54) is 11.8 Å². The summed E-state index contributed by atoms with van der Waals surface area (Å²) in [6, 6.07) is 7.74. The van der Waals surface area contributed by atoms with Gasteiger partial charge in [0.15, 0.2) is 5.17 Å². The zero-order valence-electron chi connectivity index (χ0n) is 17.3. The molecule has 0 atom stereocenters. The topological polar surface area (TPSA) is 80.2 Å². The van der Waals surface area contributed by atoms with E-state index in [9.17, 15) is 9.59 Å². The Morgan fingerprint density at radius 1 is 1.30 bits per heavy atom. The van der Waals surface area contributed by atoms with Gasteiger partial charge in [0.2, 0.25) is 0 Å². The Kier molecular flexibility index (Phi) is 8.65. The van der Waals surface area contributed by atoms with Crippen molar-refractivity contribution in [2.75, 3.05) is 44.5 Å². The standard InChI is InChI=1S/C21H27N3O4S2/c1-3-28-18(25)6-4-13-29-16-9-7-15(8-10-16)23-20(26)19-17(14-27-2)24-12-5-11-22-21(24)30-19/h7-10H,3-6,11-14H2,1-2H3,(H,23,26). The minimum Gasteiger partial charge on any atom is -0.466 e. The maximum Gasteiger partial charge on any atom is 0.305 e. The van der Waals surface area contributed by atoms with Crippen molar-refractivity contribution in [2.45, 2.75) is 31.1 Å². The number of benzene rings is 1. The predicted octanol–water partition coefficient (Wildman–Crippen LogP) is 3.73. The zero-order chi connectivity index (χ0) is 21.3. The molecule has 9 heteroatoms. The van der Waals surface area contributed by atoms with Gasteiger partial charge < -0.3 is 19.7 Å². The molecule has 2 heterocycles. The SMILES string of the molecule is CCOC(=O)CCCSc1ccc(NC(=O)C2=C(COC)N3CCCN=C3S2)cc1. The number of esters is 1. The second-order valence-corrected chi connectivity index (χ2v) is 8.86. The Balaban J connectivity index is 1.54. The maximum atomic E-state index is 12.9. The van der Waals surface area contributed by atoms with Crippen LogP contribution in [0, 0.1) is 0 Å². The number of ether oxygens (including phenoxy) is 2. The number of rotatable bonds is 10.